The van der Waals surface area contributed by atoms with Crippen molar-refractivity contribution in [3.8, 4) is 11.3 Å². The molecule has 0 unspecified atom stereocenters. The minimum Gasteiger partial charge on any atom is -0.324 e. The van der Waals surface area contributed by atoms with Crippen molar-refractivity contribution in [3.05, 3.63) is 60.4 Å². The Morgan fingerprint density at radius 3 is 2.48 bits per heavy atom. The van der Waals surface area contributed by atoms with Gasteiger partial charge >= 0.3 is 0 Å². The summed E-state index contributed by atoms with van der Waals surface area (Å²) in [4.78, 5) is 4.76. The lowest BCUT2D eigenvalue weighted by molar-refractivity contribution is 0.894. The van der Waals surface area contributed by atoms with Gasteiger partial charge in [-0.25, -0.2) is 4.98 Å². The van der Waals surface area contributed by atoms with Gasteiger partial charge in [0.1, 0.15) is 5.69 Å². The van der Waals surface area contributed by atoms with Crippen LogP contribution in [0.1, 0.15) is 5.82 Å². The van der Waals surface area contributed by atoms with Crippen LogP contribution in [-0.4, -0.2) is 19.6 Å². The van der Waals surface area contributed by atoms with Crippen molar-refractivity contribution >= 4 is 16.7 Å². The summed E-state index contributed by atoms with van der Waals surface area (Å²) in [5.41, 5.74) is 10.2. The summed E-state index contributed by atoms with van der Waals surface area (Å²) in [6, 6.07) is 18.0. The molecule has 2 heterocycles. The second kappa shape index (κ2) is 4.64. The molecule has 0 saturated carbocycles. The first-order valence-corrected chi connectivity index (χ1v) is 6.77. The first-order chi connectivity index (χ1) is 10.4. The van der Waals surface area contributed by atoms with E-state index in [1.807, 2.05) is 59.0 Å². The van der Waals surface area contributed by atoms with Crippen molar-refractivity contribution < 1.29 is 0 Å². The molecule has 102 valence electrons. The summed E-state index contributed by atoms with van der Waals surface area (Å²) >= 11 is 0. The van der Waals surface area contributed by atoms with E-state index in [9.17, 15) is 0 Å². The first-order valence-electron chi connectivity index (χ1n) is 6.77. The Hall–Kier alpha value is -2.79. The third-order valence-electron chi connectivity index (χ3n) is 3.53. The number of rotatable bonds is 2. The number of hydrogen-bond donors (Lipinski definition) is 1. The second-order valence-electron chi connectivity index (χ2n) is 4.79. The molecule has 0 bridgehead atoms. The number of nitrogens with two attached hydrogens (primary N) is 1. The minimum atomic E-state index is 0.337. The van der Waals surface area contributed by atoms with Gasteiger partial charge in [0.05, 0.1) is 17.6 Å². The molecule has 0 fully saturated rings. The van der Waals surface area contributed by atoms with E-state index in [1.54, 1.807) is 0 Å². The maximum Gasteiger partial charge on any atom is 0.187 e. The highest BCUT2D eigenvalue weighted by molar-refractivity contribution is 5.85. The van der Waals surface area contributed by atoms with Crippen LogP contribution in [0.2, 0.25) is 0 Å². The lowest BCUT2D eigenvalue weighted by Crippen LogP contribution is -2.04. The molecule has 0 aliphatic rings. The number of aromatic nitrogens is 4. The SMILES string of the molecule is NCc1nnc2c(-c3ccccc3)nc3ccccc3n12. The summed E-state index contributed by atoms with van der Waals surface area (Å²) in [5.74, 6) is 0.737. The number of hydrogen-bond acceptors (Lipinski definition) is 4. The minimum absolute atomic E-state index is 0.337. The lowest BCUT2D eigenvalue weighted by atomic mass is 10.1. The highest BCUT2D eigenvalue weighted by atomic mass is 15.3. The zero-order valence-electron chi connectivity index (χ0n) is 11.3. The topological polar surface area (TPSA) is 69.1 Å². The molecule has 4 rings (SSSR count). The van der Waals surface area contributed by atoms with Gasteiger partial charge in [-0.15, -0.1) is 10.2 Å². The van der Waals surface area contributed by atoms with Crippen LogP contribution in [0.5, 0.6) is 0 Å². The third kappa shape index (κ3) is 1.79. The predicted octanol–water partition coefficient (Wildman–Crippen LogP) is 2.40. The average Bonchev–Trinajstić information content (AvgIpc) is 2.99. The average molecular weight is 275 g/mol. The van der Waals surface area contributed by atoms with E-state index in [0.717, 1.165) is 33.8 Å². The number of fused-ring (bicyclic) bond motifs is 3. The number of para-hydroxylation sites is 2. The molecule has 0 amide bonds. The van der Waals surface area contributed by atoms with Crippen molar-refractivity contribution in [2.75, 3.05) is 0 Å². The predicted molar refractivity (Wildman–Crippen MR) is 81.6 cm³/mol. The maximum absolute atomic E-state index is 5.80. The molecule has 5 nitrogen and oxygen atoms in total. The van der Waals surface area contributed by atoms with Gasteiger partial charge in [-0.2, -0.15) is 0 Å². The van der Waals surface area contributed by atoms with E-state index in [4.69, 9.17) is 10.7 Å². The summed E-state index contributed by atoms with van der Waals surface area (Å²) < 4.78 is 1.99. The molecule has 2 aromatic heterocycles. The highest BCUT2D eigenvalue weighted by Gasteiger charge is 2.14. The molecule has 0 aliphatic heterocycles. The molecule has 2 aromatic carbocycles. The maximum atomic E-state index is 5.80. The third-order valence-corrected chi connectivity index (χ3v) is 3.53. The van der Waals surface area contributed by atoms with E-state index in [0.29, 0.717) is 6.54 Å². The normalized spacial score (nSPS) is 11.3. The van der Waals surface area contributed by atoms with E-state index in [-0.39, 0.29) is 0 Å². The molecular weight excluding hydrogens is 262 g/mol. The summed E-state index contributed by atoms with van der Waals surface area (Å²) in [7, 11) is 0. The molecule has 0 atom stereocenters. The van der Waals surface area contributed by atoms with Gasteiger partial charge in [0.25, 0.3) is 0 Å². The van der Waals surface area contributed by atoms with Crippen LogP contribution in [0.4, 0.5) is 0 Å². The molecule has 0 saturated heterocycles. The fraction of sp³-hybridized carbons (Fsp3) is 0.0625. The van der Waals surface area contributed by atoms with Crippen LogP contribution in [0.15, 0.2) is 54.6 Å². The zero-order chi connectivity index (χ0) is 14.2. The summed E-state index contributed by atoms with van der Waals surface area (Å²) in [6.07, 6.45) is 0. The van der Waals surface area contributed by atoms with Gasteiger partial charge in [0.2, 0.25) is 0 Å². The monoisotopic (exact) mass is 275 g/mol. The van der Waals surface area contributed by atoms with Crippen LogP contribution in [0.3, 0.4) is 0 Å². The van der Waals surface area contributed by atoms with Gasteiger partial charge in [-0.05, 0) is 12.1 Å². The van der Waals surface area contributed by atoms with Crippen molar-refractivity contribution in [3.63, 3.8) is 0 Å². The van der Waals surface area contributed by atoms with Crippen LogP contribution >= 0.6 is 0 Å². The lowest BCUT2D eigenvalue weighted by Gasteiger charge is -2.08. The number of benzene rings is 2. The Morgan fingerprint density at radius 2 is 1.67 bits per heavy atom. The quantitative estimate of drug-likeness (QED) is 0.610. The smallest absolute Gasteiger partial charge is 0.187 e. The Morgan fingerprint density at radius 1 is 0.905 bits per heavy atom. The standard InChI is InChI=1S/C16H13N5/c17-10-14-19-20-16-15(11-6-2-1-3-7-11)18-12-8-4-5-9-13(12)21(14)16/h1-9H,10,17H2. The second-order valence-corrected chi connectivity index (χ2v) is 4.79. The molecule has 0 aliphatic carbocycles. The van der Waals surface area contributed by atoms with Crippen LogP contribution in [0.25, 0.3) is 27.9 Å². The first kappa shape index (κ1) is 12.0. The fourth-order valence-corrected chi connectivity index (χ4v) is 2.56. The Kier molecular flexibility index (Phi) is 2.65. The Labute approximate surface area is 121 Å². The van der Waals surface area contributed by atoms with Crippen LogP contribution < -0.4 is 5.73 Å². The van der Waals surface area contributed by atoms with Crippen molar-refractivity contribution in [2.24, 2.45) is 5.73 Å². The molecule has 0 spiro atoms. The summed E-state index contributed by atoms with van der Waals surface area (Å²) in [5, 5.41) is 8.48. The molecule has 0 radical (unpaired) electrons. The molecular formula is C16H13N5. The van der Waals surface area contributed by atoms with E-state index in [1.165, 1.54) is 0 Å². The van der Waals surface area contributed by atoms with Crippen molar-refractivity contribution in [1.29, 1.82) is 0 Å². The molecule has 2 N–H and O–H groups in total. The molecule has 4 aromatic rings. The van der Waals surface area contributed by atoms with E-state index in [2.05, 4.69) is 10.2 Å². The van der Waals surface area contributed by atoms with Gasteiger partial charge in [0, 0.05) is 5.56 Å². The van der Waals surface area contributed by atoms with Crippen LogP contribution in [0, 0.1) is 0 Å². The van der Waals surface area contributed by atoms with Gasteiger partial charge < -0.3 is 5.73 Å². The molecule has 5 heteroatoms. The van der Waals surface area contributed by atoms with Crippen molar-refractivity contribution in [1.82, 2.24) is 19.6 Å². The highest BCUT2D eigenvalue weighted by Crippen LogP contribution is 2.25. The van der Waals surface area contributed by atoms with E-state index >= 15 is 0 Å². The van der Waals surface area contributed by atoms with Crippen LogP contribution in [-0.2, 0) is 6.54 Å². The van der Waals surface area contributed by atoms with E-state index < -0.39 is 0 Å². The fourth-order valence-electron chi connectivity index (χ4n) is 2.56. The van der Waals surface area contributed by atoms with Gasteiger partial charge in [-0.3, -0.25) is 4.40 Å². The largest absolute Gasteiger partial charge is 0.324 e. The number of nitrogens with zero attached hydrogens (tertiary/aromatic N) is 4. The Balaban J connectivity index is 2.18. The Bertz CT molecular complexity index is 927. The van der Waals surface area contributed by atoms with Crippen molar-refractivity contribution in [2.45, 2.75) is 6.54 Å². The zero-order valence-corrected chi connectivity index (χ0v) is 11.3. The van der Waals surface area contributed by atoms with Gasteiger partial charge in [0.15, 0.2) is 11.5 Å². The molecule has 21 heavy (non-hydrogen) atoms. The summed E-state index contributed by atoms with van der Waals surface area (Å²) in [6.45, 7) is 0.337. The van der Waals surface area contributed by atoms with Gasteiger partial charge in [-0.1, -0.05) is 42.5 Å².